The maximum Gasteiger partial charge on any atom is 0.0785 e. The number of nitrogens with one attached hydrogen (secondary N) is 1. The van der Waals surface area contributed by atoms with Gasteiger partial charge in [-0.15, -0.1) is 0 Å². The molecule has 0 saturated heterocycles. The van der Waals surface area contributed by atoms with E-state index in [2.05, 4.69) is 78.2 Å². The predicted octanol–water partition coefficient (Wildman–Crippen LogP) is 5.03. The third-order valence-corrected chi connectivity index (χ3v) is 4.24. The number of rotatable bonds is 5. The zero-order valence-corrected chi connectivity index (χ0v) is 14.7. The molecule has 0 atom stereocenters. The van der Waals surface area contributed by atoms with Gasteiger partial charge in [0.05, 0.1) is 5.52 Å². The zero-order valence-electron chi connectivity index (χ0n) is 13.2. The van der Waals surface area contributed by atoms with Crippen LogP contribution >= 0.6 is 15.9 Å². The zero-order chi connectivity index (χ0) is 15.4. The van der Waals surface area contributed by atoms with Crippen molar-refractivity contribution in [3.05, 3.63) is 46.1 Å². The van der Waals surface area contributed by atoms with E-state index >= 15 is 0 Å². The molecule has 0 fully saturated rings. The van der Waals surface area contributed by atoms with E-state index in [4.69, 9.17) is 0 Å². The molecule has 0 aliphatic rings. The maximum absolute atomic E-state index is 4.55. The third-order valence-electron chi connectivity index (χ3n) is 3.54. The Hall–Kier alpha value is -1.19. The second-order valence-corrected chi connectivity index (χ2v) is 6.80. The molecular weight excluding hydrogens is 324 g/mol. The molecule has 0 spiro atoms. The fourth-order valence-corrected chi connectivity index (χ4v) is 2.67. The normalized spacial score (nSPS) is 12.6. The van der Waals surface area contributed by atoms with Gasteiger partial charge in [0, 0.05) is 34.2 Å². The second-order valence-electron chi connectivity index (χ2n) is 5.95. The summed E-state index contributed by atoms with van der Waals surface area (Å²) in [6, 6.07) is 8.81. The minimum Gasteiger partial charge on any atom is -0.311 e. The second kappa shape index (κ2) is 7.19. The first-order valence-corrected chi connectivity index (χ1v) is 8.25. The van der Waals surface area contributed by atoms with Crippen molar-refractivity contribution in [3.8, 4) is 0 Å². The van der Waals surface area contributed by atoms with Gasteiger partial charge in [-0.3, -0.25) is 4.98 Å². The van der Waals surface area contributed by atoms with Crippen LogP contribution in [0.1, 0.15) is 33.3 Å². The lowest BCUT2D eigenvalue weighted by atomic mass is 9.98. The highest BCUT2D eigenvalue weighted by molar-refractivity contribution is 9.10. The molecule has 1 N–H and O–H groups in total. The molecule has 112 valence electrons. The minimum absolute atomic E-state index is 0.493. The van der Waals surface area contributed by atoms with Crippen LogP contribution in [-0.2, 0) is 0 Å². The lowest BCUT2D eigenvalue weighted by molar-refractivity contribution is 0.593. The lowest BCUT2D eigenvalue weighted by Gasteiger charge is -2.15. The molecule has 0 aliphatic carbocycles. The van der Waals surface area contributed by atoms with Crippen LogP contribution in [0.25, 0.3) is 17.0 Å². The third kappa shape index (κ3) is 4.14. The standard InChI is InChI=1S/C18H23BrN2/c1-12(2)15(11-21-13(3)4)10-14-7-8-17(19)16-6-5-9-20-18(14)16/h5-10,12-13,21H,11H2,1-4H3/b15-10-. The summed E-state index contributed by atoms with van der Waals surface area (Å²) >= 11 is 3.60. The van der Waals surface area contributed by atoms with Gasteiger partial charge < -0.3 is 5.32 Å². The SMILES string of the molecule is CC(C)NC/C(=C/c1ccc(Br)c2cccnc12)C(C)C. The Bertz CT molecular complexity index is 645. The molecule has 21 heavy (non-hydrogen) atoms. The van der Waals surface area contributed by atoms with Crippen LogP contribution in [0.2, 0.25) is 0 Å². The molecule has 2 aromatic rings. The summed E-state index contributed by atoms with van der Waals surface area (Å²) in [5.74, 6) is 0.513. The summed E-state index contributed by atoms with van der Waals surface area (Å²) in [4.78, 5) is 4.55. The maximum atomic E-state index is 4.55. The van der Waals surface area contributed by atoms with E-state index in [9.17, 15) is 0 Å². The Morgan fingerprint density at radius 1 is 1.24 bits per heavy atom. The summed E-state index contributed by atoms with van der Waals surface area (Å²) in [5, 5.41) is 4.67. The molecule has 1 aromatic carbocycles. The fraction of sp³-hybridized carbons (Fsp3) is 0.389. The first kappa shape index (κ1) is 16.2. The van der Waals surface area contributed by atoms with E-state index in [1.165, 1.54) is 11.1 Å². The van der Waals surface area contributed by atoms with Gasteiger partial charge in [-0.05, 0) is 18.1 Å². The van der Waals surface area contributed by atoms with E-state index in [0.29, 0.717) is 12.0 Å². The molecule has 0 radical (unpaired) electrons. The summed E-state index contributed by atoms with van der Waals surface area (Å²) in [5.41, 5.74) is 3.63. The minimum atomic E-state index is 0.493. The van der Waals surface area contributed by atoms with Crippen LogP contribution in [0, 0.1) is 5.92 Å². The summed E-state index contributed by atoms with van der Waals surface area (Å²) in [6.07, 6.45) is 4.13. The van der Waals surface area contributed by atoms with Crippen molar-refractivity contribution in [2.24, 2.45) is 5.92 Å². The Morgan fingerprint density at radius 2 is 2.00 bits per heavy atom. The van der Waals surface area contributed by atoms with Crippen molar-refractivity contribution >= 4 is 32.9 Å². The van der Waals surface area contributed by atoms with Gasteiger partial charge in [-0.2, -0.15) is 0 Å². The first-order chi connectivity index (χ1) is 9.99. The molecule has 0 unspecified atom stereocenters. The summed E-state index contributed by atoms with van der Waals surface area (Å²) in [7, 11) is 0. The first-order valence-electron chi connectivity index (χ1n) is 7.46. The molecule has 1 heterocycles. The highest BCUT2D eigenvalue weighted by atomic mass is 79.9. The van der Waals surface area contributed by atoms with Gasteiger partial charge in [0.15, 0.2) is 0 Å². The summed E-state index contributed by atoms with van der Waals surface area (Å²) < 4.78 is 1.09. The molecule has 0 amide bonds. The molecule has 1 aromatic heterocycles. The molecule has 2 nitrogen and oxygen atoms in total. The van der Waals surface area contributed by atoms with Gasteiger partial charge in [0.25, 0.3) is 0 Å². The Labute approximate surface area is 135 Å². The smallest absolute Gasteiger partial charge is 0.0785 e. The monoisotopic (exact) mass is 346 g/mol. The van der Waals surface area contributed by atoms with Crippen LogP contribution in [-0.4, -0.2) is 17.6 Å². The topological polar surface area (TPSA) is 24.9 Å². The molecule has 0 aliphatic heterocycles. The van der Waals surface area contributed by atoms with Gasteiger partial charge in [0.2, 0.25) is 0 Å². The van der Waals surface area contributed by atoms with Crippen molar-refractivity contribution in [1.82, 2.24) is 10.3 Å². The van der Waals surface area contributed by atoms with Crippen molar-refractivity contribution in [1.29, 1.82) is 0 Å². The number of aromatic nitrogens is 1. The summed E-state index contributed by atoms with van der Waals surface area (Å²) in [6.45, 7) is 9.74. The lowest BCUT2D eigenvalue weighted by Crippen LogP contribution is -2.26. The number of hydrogen-bond donors (Lipinski definition) is 1. The molecular formula is C18H23BrN2. The number of nitrogens with zero attached hydrogens (tertiary/aromatic N) is 1. The van der Waals surface area contributed by atoms with Crippen molar-refractivity contribution in [3.63, 3.8) is 0 Å². The Kier molecular flexibility index (Phi) is 5.54. The van der Waals surface area contributed by atoms with Crippen molar-refractivity contribution in [2.75, 3.05) is 6.54 Å². The van der Waals surface area contributed by atoms with Crippen LogP contribution in [0.15, 0.2) is 40.5 Å². The van der Waals surface area contributed by atoms with Crippen molar-refractivity contribution < 1.29 is 0 Å². The van der Waals surface area contributed by atoms with Crippen LogP contribution in [0.5, 0.6) is 0 Å². The predicted molar refractivity (Wildman–Crippen MR) is 95.4 cm³/mol. The highest BCUT2D eigenvalue weighted by Crippen LogP contribution is 2.27. The van der Waals surface area contributed by atoms with E-state index in [1.54, 1.807) is 0 Å². The number of hydrogen-bond acceptors (Lipinski definition) is 2. The van der Waals surface area contributed by atoms with E-state index in [-0.39, 0.29) is 0 Å². The Morgan fingerprint density at radius 3 is 2.67 bits per heavy atom. The molecule has 0 saturated carbocycles. The van der Waals surface area contributed by atoms with Gasteiger partial charge >= 0.3 is 0 Å². The van der Waals surface area contributed by atoms with Gasteiger partial charge in [0.1, 0.15) is 0 Å². The number of fused-ring (bicyclic) bond motifs is 1. The quantitative estimate of drug-likeness (QED) is 0.820. The van der Waals surface area contributed by atoms with Crippen molar-refractivity contribution in [2.45, 2.75) is 33.7 Å². The molecule has 3 heteroatoms. The fourth-order valence-electron chi connectivity index (χ4n) is 2.22. The number of pyridine rings is 1. The average Bonchev–Trinajstić information content (AvgIpc) is 2.45. The van der Waals surface area contributed by atoms with Gasteiger partial charge in [-0.1, -0.05) is 67.4 Å². The number of benzene rings is 1. The number of halogens is 1. The van der Waals surface area contributed by atoms with E-state index in [0.717, 1.165) is 21.9 Å². The van der Waals surface area contributed by atoms with Crippen LogP contribution in [0.4, 0.5) is 0 Å². The Balaban J connectivity index is 2.44. The van der Waals surface area contributed by atoms with E-state index in [1.807, 2.05) is 12.3 Å². The largest absolute Gasteiger partial charge is 0.311 e. The molecule has 0 bridgehead atoms. The highest BCUT2D eigenvalue weighted by Gasteiger charge is 2.08. The van der Waals surface area contributed by atoms with Crippen LogP contribution < -0.4 is 5.32 Å². The van der Waals surface area contributed by atoms with E-state index < -0.39 is 0 Å². The molecule has 2 rings (SSSR count). The average molecular weight is 347 g/mol. The van der Waals surface area contributed by atoms with Crippen LogP contribution in [0.3, 0.4) is 0 Å². The van der Waals surface area contributed by atoms with Gasteiger partial charge in [-0.25, -0.2) is 0 Å².